The third-order valence-electron chi connectivity index (χ3n) is 3.30. The zero-order valence-corrected chi connectivity index (χ0v) is 9.71. The van der Waals surface area contributed by atoms with Crippen LogP contribution >= 0.6 is 0 Å². The predicted molar refractivity (Wildman–Crippen MR) is 62.9 cm³/mol. The summed E-state index contributed by atoms with van der Waals surface area (Å²) in [6.45, 7) is 5.79. The van der Waals surface area contributed by atoms with E-state index in [0.29, 0.717) is 11.7 Å². The second kappa shape index (κ2) is 4.84. The van der Waals surface area contributed by atoms with Gasteiger partial charge in [0.05, 0.1) is 12.6 Å². The van der Waals surface area contributed by atoms with Gasteiger partial charge in [-0.1, -0.05) is 0 Å². The molecular formula is C11H20N4O. The zero-order valence-electron chi connectivity index (χ0n) is 9.71. The maximum Gasteiger partial charge on any atom is 0.145 e. The minimum Gasteiger partial charge on any atom is -0.393 e. The van der Waals surface area contributed by atoms with E-state index in [0.717, 1.165) is 32.6 Å². The van der Waals surface area contributed by atoms with Crippen molar-refractivity contribution >= 4 is 5.82 Å². The van der Waals surface area contributed by atoms with Crippen molar-refractivity contribution in [3.05, 3.63) is 12.3 Å². The molecule has 5 heteroatoms. The number of nitrogens with zero attached hydrogens (tertiary/aromatic N) is 3. The van der Waals surface area contributed by atoms with Crippen LogP contribution in [0.1, 0.15) is 13.3 Å². The molecule has 1 aromatic heterocycles. The highest BCUT2D eigenvalue weighted by atomic mass is 16.3. The lowest BCUT2D eigenvalue weighted by Crippen LogP contribution is -2.27. The van der Waals surface area contributed by atoms with E-state index in [1.54, 1.807) is 0 Å². The van der Waals surface area contributed by atoms with Crippen molar-refractivity contribution in [2.45, 2.75) is 26.0 Å². The highest BCUT2D eigenvalue weighted by Crippen LogP contribution is 2.19. The van der Waals surface area contributed by atoms with Gasteiger partial charge in [-0.05, 0) is 31.9 Å². The first-order chi connectivity index (χ1) is 7.65. The molecule has 0 spiro atoms. The predicted octanol–water partition coefficient (Wildman–Crippen LogP) is 0.168. The van der Waals surface area contributed by atoms with Crippen LogP contribution in [-0.2, 0) is 6.54 Å². The normalized spacial score (nSPS) is 23.8. The van der Waals surface area contributed by atoms with E-state index in [9.17, 15) is 5.11 Å². The van der Waals surface area contributed by atoms with Crippen LogP contribution in [0.15, 0.2) is 12.3 Å². The number of aliphatic hydroxyl groups is 1. The Kier molecular flexibility index (Phi) is 3.46. The van der Waals surface area contributed by atoms with Crippen molar-refractivity contribution in [1.29, 1.82) is 0 Å². The molecule has 0 amide bonds. The maximum atomic E-state index is 9.50. The number of hydrogen-bond donors (Lipinski definition) is 2. The molecule has 1 aliphatic rings. The Bertz CT molecular complexity index is 336. The molecule has 0 bridgehead atoms. The minimum atomic E-state index is -0.189. The zero-order chi connectivity index (χ0) is 11.5. The number of aromatic nitrogens is 2. The Morgan fingerprint density at radius 1 is 1.62 bits per heavy atom. The van der Waals surface area contributed by atoms with Crippen LogP contribution in [0.5, 0.6) is 0 Å². The molecule has 2 atom stereocenters. The SMILES string of the molecule is CC(O)C1CCN(CCn2ccc(N)n2)C1. The van der Waals surface area contributed by atoms with E-state index in [1.165, 1.54) is 0 Å². The van der Waals surface area contributed by atoms with Crippen molar-refractivity contribution < 1.29 is 5.11 Å². The molecule has 0 aromatic carbocycles. The monoisotopic (exact) mass is 224 g/mol. The van der Waals surface area contributed by atoms with Crippen LogP contribution in [0.25, 0.3) is 0 Å². The van der Waals surface area contributed by atoms with E-state index in [-0.39, 0.29) is 6.10 Å². The van der Waals surface area contributed by atoms with Crippen molar-refractivity contribution in [1.82, 2.24) is 14.7 Å². The summed E-state index contributed by atoms with van der Waals surface area (Å²) in [4.78, 5) is 2.37. The first-order valence-electron chi connectivity index (χ1n) is 5.84. The van der Waals surface area contributed by atoms with Crippen LogP contribution in [0.3, 0.4) is 0 Å². The van der Waals surface area contributed by atoms with Gasteiger partial charge in [0.15, 0.2) is 0 Å². The number of anilines is 1. The highest BCUT2D eigenvalue weighted by molar-refractivity contribution is 5.23. The average Bonchev–Trinajstić information content (AvgIpc) is 2.83. The van der Waals surface area contributed by atoms with Crippen LogP contribution in [-0.4, -0.2) is 45.5 Å². The smallest absolute Gasteiger partial charge is 0.145 e. The number of rotatable bonds is 4. The largest absolute Gasteiger partial charge is 0.393 e. The molecule has 16 heavy (non-hydrogen) atoms. The van der Waals surface area contributed by atoms with Gasteiger partial charge in [0, 0.05) is 19.3 Å². The van der Waals surface area contributed by atoms with E-state index in [4.69, 9.17) is 5.73 Å². The molecule has 2 heterocycles. The summed E-state index contributed by atoms with van der Waals surface area (Å²) in [7, 11) is 0. The lowest BCUT2D eigenvalue weighted by Gasteiger charge is -2.17. The van der Waals surface area contributed by atoms with Crippen LogP contribution in [0, 0.1) is 5.92 Å². The second-order valence-electron chi connectivity index (χ2n) is 4.59. The molecule has 5 nitrogen and oxygen atoms in total. The fourth-order valence-electron chi connectivity index (χ4n) is 2.21. The molecular weight excluding hydrogens is 204 g/mol. The topological polar surface area (TPSA) is 67.3 Å². The summed E-state index contributed by atoms with van der Waals surface area (Å²) in [5, 5.41) is 13.6. The first kappa shape index (κ1) is 11.4. The molecule has 1 aliphatic heterocycles. The number of hydrogen-bond acceptors (Lipinski definition) is 4. The average molecular weight is 224 g/mol. The van der Waals surface area contributed by atoms with E-state index in [1.807, 2.05) is 23.9 Å². The lowest BCUT2D eigenvalue weighted by atomic mass is 10.0. The van der Waals surface area contributed by atoms with E-state index in [2.05, 4.69) is 10.00 Å². The summed E-state index contributed by atoms with van der Waals surface area (Å²) in [5.74, 6) is 1.01. The van der Waals surface area contributed by atoms with Gasteiger partial charge in [0.2, 0.25) is 0 Å². The third kappa shape index (κ3) is 2.74. The molecule has 0 saturated carbocycles. The van der Waals surface area contributed by atoms with Gasteiger partial charge in [-0.2, -0.15) is 5.10 Å². The molecule has 1 aromatic rings. The van der Waals surface area contributed by atoms with Crippen molar-refractivity contribution in [3.8, 4) is 0 Å². The summed E-state index contributed by atoms with van der Waals surface area (Å²) in [5.41, 5.74) is 5.55. The molecule has 2 rings (SSSR count). The highest BCUT2D eigenvalue weighted by Gasteiger charge is 2.25. The minimum absolute atomic E-state index is 0.189. The quantitative estimate of drug-likeness (QED) is 0.765. The number of likely N-dealkylation sites (tertiary alicyclic amines) is 1. The maximum absolute atomic E-state index is 9.50. The van der Waals surface area contributed by atoms with Gasteiger partial charge in [-0.25, -0.2) is 0 Å². The van der Waals surface area contributed by atoms with Gasteiger partial charge < -0.3 is 15.7 Å². The molecule has 3 N–H and O–H groups in total. The first-order valence-corrected chi connectivity index (χ1v) is 5.84. The molecule has 0 aliphatic carbocycles. The number of nitrogens with two attached hydrogens (primary N) is 1. The summed E-state index contributed by atoms with van der Waals surface area (Å²) >= 11 is 0. The van der Waals surface area contributed by atoms with Crippen molar-refractivity contribution in [2.75, 3.05) is 25.4 Å². The van der Waals surface area contributed by atoms with Crippen LogP contribution in [0.2, 0.25) is 0 Å². The molecule has 1 fully saturated rings. The van der Waals surface area contributed by atoms with Gasteiger partial charge in [0.25, 0.3) is 0 Å². The Morgan fingerprint density at radius 3 is 3.00 bits per heavy atom. The third-order valence-corrected chi connectivity index (χ3v) is 3.30. The van der Waals surface area contributed by atoms with Crippen LogP contribution < -0.4 is 5.73 Å². The molecule has 90 valence electrons. The fraction of sp³-hybridized carbons (Fsp3) is 0.727. The summed E-state index contributed by atoms with van der Waals surface area (Å²) in [6.07, 6.45) is 2.81. The standard InChI is InChI=1S/C11H20N4O/c1-9(16)10-2-4-14(8-10)6-7-15-5-3-11(12)13-15/h3,5,9-10,16H,2,4,6-8H2,1H3,(H2,12,13). The van der Waals surface area contributed by atoms with Gasteiger partial charge in [0.1, 0.15) is 5.82 Å². The van der Waals surface area contributed by atoms with E-state index < -0.39 is 0 Å². The number of aliphatic hydroxyl groups excluding tert-OH is 1. The van der Waals surface area contributed by atoms with E-state index >= 15 is 0 Å². The van der Waals surface area contributed by atoms with Gasteiger partial charge in [-0.3, -0.25) is 4.68 Å². The van der Waals surface area contributed by atoms with Gasteiger partial charge >= 0.3 is 0 Å². The summed E-state index contributed by atoms with van der Waals surface area (Å²) in [6, 6.07) is 1.81. The fourth-order valence-corrected chi connectivity index (χ4v) is 2.21. The Labute approximate surface area is 95.8 Å². The molecule has 2 unspecified atom stereocenters. The summed E-state index contributed by atoms with van der Waals surface area (Å²) < 4.78 is 1.87. The van der Waals surface area contributed by atoms with Crippen molar-refractivity contribution in [2.24, 2.45) is 5.92 Å². The molecule has 1 saturated heterocycles. The molecule has 0 radical (unpaired) electrons. The number of nitrogen functional groups attached to an aromatic ring is 1. The van der Waals surface area contributed by atoms with Gasteiger partial charge in [-0.15, -0.1) is 0 Å². The Balaban J connectivity index is 1.75. The van der Waals surface area contributed by atoms with Crippen molar-refractivity contribution in [3.63, 3.8) is 0 Å². The lowest BCUT2D eigenvalue weighted by molar-refractivity contribution is 0.127. The second-order valence-corrected chi connectivity index (χ2v) is 4.59. The van der Waals surface area contributed by atoms with Crippen LogP contribution in [0.4, 0.5) is 5.82 Å². The Hall–Kier alpha value is -1.07. The Morgan fingerprint density at radius 2 is 2.44 bits per heavy atom.